The number of aromatic amines is 1. The SMILES string of the molecule is CCOc1ccccc1N(CC(=O)N=Nc1c(O)[nH]c2ccc(Br)cc12)S(=O)(=O)c1ccccc1. The van der Waals surface area contributed by atoms with Crippen molar-refractivity contribution in [2.45, 2.75) is 11.8 Å². The van der Waals surface area contributed by atoms with Gasteiger partial charge in [-0.1, -0.05) is 46.3 Å². The molecule has 0 atom stereocenters. The summed E-state index contributed by atoms with van der Waals surface area (Å²) in [7, 11) is -4.14. The van der Waals surface area contributed by atoms with Crippen LogP contribution in [0.5, 0.6) is 11.6 Å². The van der Waals surface area contributed by atoms with E-state index in [-0.39, 0.29) is 22.2 Å². The molecular formula is C24H21BrN4O5S. The maximum absolute atomic E-state index is 13.5. The number of para-hydroxylation sites is 2. The number of anilines is 1. The zero-order valence-electron chi connectivity index (χ0n) is 18.6. The molecule has 0 spiro atoms. The summed E-state index contributed by atoms with van der Waals surface area (Å²) in [6.07, 6.45) is 0. The molecule has 1 heterocycles. The van der Waals surface area contributed by atoms with Crippen molar-refractivity contribution in [3.8, 4) is 11.6 Å². The second-order valence-electron chi connectivity index (χ2n) is 7.33. The minimum Gasteiger partial charge on any atom is -0.493 e. The maximum Gasteiger partial charge on any atom is 0.285 e. The third-order valence-corrected chi connectivity index (χ3v) is 7.29. The molecule has 1 aromatic heterocycles. The number of amides is 1. The molecule has 9 nitrogen and oxygen atoms in total. The molecule has 180 valence electrons. The van der Waals surface area contributed by atoms with Crippen LogP contribution in [0.4, 0.5) is 11.4 Å². The van der Waals surface area contributed by atoms with Gasteiger partial charge in [-0.15, -0.1) is 10.2 Å². The van der Waals surface area contributed by atoms with Crippen LogP contribution < -0.4 is 9.04 Å². The molecule has 35 heavy (non-hydrogen) atoms. The summed E-state index contributed by atoms with van der Waals surface area (Å²) in [5.41, 5.74) is 0.869. The maximum atomic E-state index is 13.5. The number of hydrogen-bond acceptors (Lipinski definition) is 6. The third kappa shape index (κ3) is 5.20. The smallest absolute Gasteiger partial charge is 0.285 e. The Balaban J connectivity index is 1.71. The highest BCUT2D eigenvalue weighted by Gasteiger charge is 2.29. The van der Waals surface area contributed by atoms with Gasteiger partial charge in [-0.05, 0) is 49.4 Å². The van der Waals surface area contributed by atoms with Crippen LogP contribution in [0.15, 0.2) is 92.4 Å². The van der Waals surface area contributed by atoms with E-state index in [1.165, 1.54) is 12.1 Å². The van der Waals surface area contributed by atoms with Crippen molar-refractivity contribution in [1.29, 1.82) is 0 Å². The molecule has 0 aliphatic heterocycles. The van der Waals surface area contributed by atoms with Crippen molar-refractivity contribution in [1.82, 2.24) is 4.98 Å². The van der Waals surface area contributed by atoms with E-state index in [9.17, 15) is 18.3 Å². The summed E-state index contributed by atoms with van der Waals surface area (Å²) in [6, 6.07) is 19.6. The number of carbonyl (C=O) groups excluding carboxylic acids is 1. The van der Waals surface area contributed by atoms with E-state index in [0.717, 1.165) is 8.78 Å². The summed E-state index contributed by atoms with van der Waals surface area (Å²) in [5, 5.41) is 18.4. The Morgan fingerprint density at radius 2 is 1.80 bits per heavy atom. The number of nitrogens with one attached hydrogen (secondary N) is 1. The van der Waals surface area contributed by atoms with E-state index in [4.69, 9.17) is 4.74 Å². The first-order valence-corrected chi connectivity index (χ1v) is 12.8. The van der Waals surface area contributed by atoms with Gasteiger partial charge in [0.2, 0.25) is 5.88 Å². The molecule has 0 unspecified atom stereocenters. The van der Waals surface area contributed by atoms with Crippen LogP contribution in [0.1, 0.15) is 6.92 Å². The fourth-order valence-corrected chi connectivity index (χ4v) is 5.26. The van der Waals surface area contributed by atoms with E-state index in [1.54, 1.807) is 67.6 Å². The normalized spacial score (nSPS) is 11.7. The highest BCUT2D eigenvalue weighted by Crippen LogP contribution is 2.37. The van der Waals surface area contributed by atoms with Gasteiger partial charge in [-0.3, -0.25) is 9.10 Å². The van der Waals surface area contributed by atoms with Gasteiger partial charge in [0.05, 0.1) is 22.7 Å². The Kier molecular flexibility index (Phi) is 7.17. The number of aromatic nitrogens is 1. The first-order chi connectivity index (χ1) is 16.8. The monoisotopic (exact) mass is 556 g/mol. The first-order valence-electron chi connectivity index (χ1n) is 10.6. The second-order valence-corrected chi connectivity index (χ2v) is 10.1. The fourth-order valence-electron chi connectivity index (χ4n) is 3.46. The van der Waals surface area contributed by atoms with Gasteiger partial charge in [-0.2, -0.15) is 0 Å². The average Bonchev–Trinajstić information content (AvgIpc) is 3.16. The molecule has 0 saturated heterocycles. The highest BCUT2D eigenvalue weighted by atomic mass is 79.9. The number of ether oxygens (including phenoxy) is 1. The third-order valence-electron chi connectivity index (χ3n) is 5.02. The molecule has 2 N–H and O–H groups in total. The first kappa shape index (κ1) is 24.4. The predicted octanol–water partition coefficient (Wildman–Crippen LogP) is 5.54. The Labute approximate surface area is 210 Å². The number of carbonyl (C=O) groups is 1. The molecule has 4 rings (SSSR count). The number of aromatic hydroxyl groups is 1. The van der Waals surface area contributed by atoms with Gasteiger partial charge in [-0.25, -0.2) is 8.42 Å². The predicted molar refractivity (Wildman–Crippen MR) is 136 cm³/mol. The summed E-state index contributed by atoms with van der Waals surface area (Å²) in [4.78, 5) is 15.6. The van der Waals surface area contributed by atoms with Gasteiger partial charge < -0.3 is 14.8 Å². The number of sulfonamides is 1. The number of nitrogens with zero attached hydrogens (tertiary/aromatic N) is 3. The molecule has 0 bridgehead atoms. The molecule has 11 heteroatoms. The Morgan fingerprint density at radius 3 is 2.54 bits per heavy atom. The molecule has 4 aromatic rings. The largest absolute Gasteiger partial charge is 0.493 e. The summed E-state index contributed by atoms with van der Waals surface area (Å²) in [6.45, 7) is 1.45. The zero-order chi connectivity index (χ0) is 25.0. The zero-order valence-corrected chi connectivity index (χ0v) is 21.0. The van der Waals surface area contributed by atoms with Crippen molar-refractivity contribution in [3.05, 3.63) is 77.3 Å². The number of rotatable bonds is 8. The summed E-state index contributed by atoms with van der Waals surface area (Å²) in [5.74, 6) is -0.789. The van der Waals surface area contributed by atoms with Gasteiger partial charge in [0, 0.05) is 9.86 Å². The van der Waals surface area contributed by atoms with E-state index in [2.05, 4.69) is 31.1 Å². The van der Waals surface area contributed by atoms with E-state index in [0.29, 0.717) is 23.3 Å². The number of fused-ring (bicyclic) bond motifs is 1. The van der Waals surface area contributed by atoms with E-state index in [1.807, 2.05) is 0 Å². The molecule has 0 radical (unpaired) electrons. The molecule has 0 fully saturated rings. The Hall–Kier alpha value is -3.70. The molecule has 0 saturated carbocycles. The fraction of sp³-hybridized carbons (Fsp3) is 0.125. The lowest BCUT2D eigenvalue weighted by atomic mass is 10.2. The van der Waals surface area contributed by atoms with Gasteiger partial charge in [0.25, 0.3) is 15.9 Å². The van der Waals surface area contributed by atoms with Crippen molar-refractivity contribution < 1.29 is 23.1 Å². The number of H-pyrrole nitrogens is 1. The lowest BCUT2D eigenvalue weighted by Crippen LogP contribution is -2.35. The topological polar surface area (TPSA) is 124 Å². The quantitative estimate of drug-likeness (QED) is 0.275. The van der Waals surface area contributed by atoms with Crippen LogP contribution in [0.2, 0.25) is 0 Å². The lowest BCUT2D eigenvalue weighted by Gasteiger charge is -2.25. The van der Waals surface area contributed by atoms with Crippen LogP contribution in [0, 0.1) is 0 Å². The standard InChI is InChI=1S/C24H21BrN4O5S/c1-2-34-21-11-7-6-10-20(21)29(35(32,33)17-8-4-3-5-9-17)15-22(30)27-28-23-18-14-16(25)12-13-19(18)26-24(23)31/h3-14,26,31H,2,15H2,1H3. The van der Waals surface area contributed by atoms with Gasteiger partial charge in [0.15, 0.2) is 5.69 Å². The number of hydrogen-bond donors (Lipinski definition) is 2. The highest BCUT2D eigenvalue weighted by molar-refractivity contribution is 9.10. The van der Waals surface area contributed by atoms with Gasteiger partial charge >= 0.3 is 0 Å². The summed E-state index contributed by atoms with van der Waals surface area (Å²) < 4.78 is 34.3. The minimum atomic E-state index is -4.14. The van der Waals surface area contributed by atoms with Crippen LogP contribution in [-0.4, -0.2) is 37.6 Å². The van der Waals surface area contributed by atoms with Crippen LogP contribution in [-0.2, 0) is 14.8 Å². The van der Waals surface area contributed by atoms with E-state index < -0.39 is 22.5 Å². The van der Waals surface area contributed by atoms with Crippen LogP contribution in [0.25, 0.3) is 10.9 Å². The number of azo groups is 1. The van der Waals surface area contributed by atoms with Crippen molar-refractivity contribution in [2.75, 3.05) is 17.5 Å². The van der Waals surface area contributed by atoms with Gasteiger partial charge in [0.1, 0.15) is 12.3 Å². The van der Waals surface area contributed by atoms with Crippen molar-refractivity contribution in [3.63, 3.8) is 0 Å². The molecule has 1 amide bonds. The average molecular weight is 557 g/mol. The van der Waals surface area contributed by atoms with Crippen LogP contribution >= 0.6 is 15.9 Å². The lowest BCUT2D eigenvalue weighted by molar-refractivity contribution is -0.116. The Bertz CT molecular complexity index is 1500. The van der Waals surface area contributed by atoms with Crippen molar-refractivity contribution in [2.24, 2.45) is 10.2 Å². The molecular weight excluding hydrogens is 536 g/mol. The molecule has 0 aliphatic rings. The minimum absolute atomic E-state index is 0.00941. The van der Waals surface area contributed by atoms with Crippen LogP contribution in [0.3, 0.4) is 0 Å². The Morgan fingerprint density at radius 1 is 1.09 bits per heavy atom. The number of halogens is 1. The number of benzene rings is 3. The molecule has 0 aliphatic carbocycles. The molecule has 3 aromatic carbocycles. The summed E-state index contributed by atoms with van der Waals surface area (Å²) >= 11 is 3.36. The second kappa shape index (κ2) is 10.3. The van der Waals surface area contributed by atoms with E-state index >= 15 is 0 Å². The van der Waals surface area contributed by atoms with Crippen molar-refractivity contribution >= 4 is 54.1 Å².